The molecule has 1 heterocycles. The van der Waals surface area contributed by atoms with E-state index in [4.69, 9.17) is 28.4 Å². The second-order valence-corrected chi connectivity index (χ2v) is 21.9. The molecule has 22 heteroatoms. The van der Waals surface area contributed by atoms with E-state index < -0.39 is 84.6 Å². The lowest BCUT2D eigenvalue weighted by molar-refractivity contribution is -0.181. The van der Waals surface area contributed by atoms with Crippen LogP contribution in [-0.2, 0) is 68.4 Å². The van der Waals surface area contributed by atoms with Crippen LogP contribution in [0.5, 0.6) is 0 Å². The number of nitrogens with zero attached hydrogens (tertiary/aromatic N) is 3. The van der Waals surface area contributed by atoms with Gasteiger partial charge in [-0.2, -0.15) is 0 Å². The number of benzene rings is 1. The van der Waals surface area contributed by atoms with Gasteiger partial charge in [0, 0.05) is 72.7 Å². The highest BCUT2D eigenvalue weighted by molar-refractivity contribution is 5.91. The van der Waals surface area contributed by atoms with Crippen molar-refractivity contribution in [3.05, 3.63) is 35.9 Å². The number of aliphatic hydroxyl groups excluding tert-OH is 1. The number of nitrogens with one attached hydrogen (secondary N) is 4. The summed E-state index contributed by atoms with van der Waals surface area (Å²) in [5, 5.41) is 20.2. The first-order valence-electron chi connectivity index (χ1n) is 28.5. The number of rotatable bonds is 38. The molecule has 2 unspecified atom stereocenters. The summed E-state index contributed by atoms with van der Waals surface area (Å²) < 4.78 is 33.2. The van der Waals surface area contributed by atoms with Crippen LogP contribution in [-0.4, -0.2) is 204 Å². The summed E-state index contributed by atoms with van der Waals surface area (Å²) in [5.74, 6) is -4.23. The number of hydrogen-bond acceptors (Lipinski definition) is 16. The van der Waals surface area contributed by atoms with Crippen LogP contribution in [0.1, 0.15) is 119 Å². The van der Waals surface area contributed by atoms with E-state index in [0.717, 1.165) is 5.56 Å². The molecule has 0 bridgehead atoms. The first-order chi connectivity index (χ1) is 37.9. The predicted molar refractivity (Wildman–Crippen MR) is 302 cm³/mol. The van der Waals surface area contributed by atoms with Crippen molar-refractivity contribution in [2.75, 3.05) is 81.9 Å². The molecule has 0 saturated carbocycles. The van der Waals surface area contributed by atoms with Crippen LogP contribution in [0, 0.1) is 29.6 Å². The molecular formula is C58H99N7O15. The molecule has 2 rings (SSSR count). The Morgan fingerprint density at radius 2 is 1.46 bits per heavy atom. The maximum atomic E-state index is 14.5. The van der Waals surface area contributed by atoms with Gasteiger partial charge in [-0.05, 0) is 76.4 Å². The lowest BCUT2D eigenvalue weighted by atomic mass is 9.85. The van der Waals surface area contributed by atoms with E-state index in [1.807, 2.05) is 97.8 Å². The minimum Gasteiger partial charge on any atom is -0.464 e. The van der Waals surface area contributed by atoms with Crippen LogP contribution in [0.4, 0.5) is 4.79 Å². The summed E-state index contributed by atoms with van der Waals surface area (Å²) in [7, 11) is 9.82. The summed E-state index contributed by atoms with van der Waals surface area (Å²) in [4.78, 5) is 113. The van der Waals surface area contributed by atoms with Crippen molar-refractivity contribution in [2.45, 2.75) is 175 Å². The molecule has 1 aliphatic rings. The zero-order valence-electron chi connectivity index (χ0n) is 50.6. The maximum absolute atomic E-state index is 14.5. The fourth-order valence-electron chi connectivity index (χ4n) is 10.2. The molecule has 12 atom stereocenters. The number of likely N-dealkylation sites (tertiary alicyclic amines) is 1. The molecule has 1 aromatic carbocycles. The predicted octanol–water partition coefficient (Wildman–Crippen LogP) is 3.88. The van der Waals surface area contributed by atoms with Crippen LogP contribution >= 0.6 is 0 Å². The smallest absolute Gasteiger partial charge is 0.407 e. The number of esters is 1. The second-order valence-electron chi connectivity index (χ2n) is 21.9. The van der Waals surface area contributed by atoms with Crippen LogP contribution < -0.4 is 21.3 Å². The third-order valence-corrected chi connectivity index (χ3v) is 15.0. The zero-order valence-corrected chi connectivity index (χ0v) is 50.6. The van der Waals surface area contributed by atoms with Crippen molar-refractivity contribution in [3.63, 3.8) is 0 Å². The first-order valence-corrected chi connectivity index (χ1v) is 28.5. The highest BCUT2D eigenvalue weighted by Gasteiger charge is 2.43. The zero-order chi connectivity index (χ0) is 60.2. The van der Waals surface area contributed by atoms with E-state index >= 15 is 0 Å². The molecule has 5 N–H and O–H groups in total. The SMILES string of the molecule is CCC(CO)OC(COC(=O)NCCC(=O)N[C@@H](C)C(=O)OCCCNC(=O)[C@@H](CC(=O)[C@H](C)[C@@H](OC)[C@@H]1CCCN1C(=O)C[C@@H](OC)[C@H]([C@@H](C)CC)N(C)C(=O)[C@@H](NC(=O)[C@H](C(C)C)N(C)C)C(C)C)Cc1ccccc1)OC. The van der Waals surface area contributed by atoms with E-state index in [1.54, 1.807) is 23.8 Å². The van der Waals surface area contributed by atoms with E-state index in [2.05, 4.69) is 21.3 Å². The fourth-order valence-corrected chi connectivity index (χ4v) is 10.2. The van der Waals surface area contributed by atoms with Crippen molar-refractivity contribution >= 4 is 47.4 Å². The molecule has 0 aliphatic carbocycles. The van der Waals surface area contributed by atoms with E-state index in [9.17, 15) is 43.5 Å². The Morgan fingerprint density at radius 3 is 2.02 bits per heavy atom. The van der Waals surface area contributed by atoms with Crippen molar-refractivity contribution in [1.29, 1.82) is 0 Å². The number of hydrogen-bond donors (Lipinski definition) is 5. The number of alkyl carbamates (subject to hydrolysis) is 1. The summed E-state index contributed by atoms with van der Waals surface area (Å²) in [6.07, 6.45) is -0.828. The molecule has 0 spiro atoms. The number of likely N-dealkylation sites (N-methyl/N-ethyl adjacent to an activating group) is 2. The summed E-state index contributed by atoms with van der Waals surface area (Å²) in [6, 6.07) is 6.15. The molecule has 1 aliphatic heterocycles. The Hall–Kier alpha value is -5.26. The van der Waals surface area contributed by atoms with Gasteiger partial charge in [0.15, 0.2) is 6.29 Å². The number of amides is 6. The van der Waals surface area contributed by atoms with Gasteiger partial charge in [0.1, 0.15) is 24.5 Å². The molecule has 1 fully saturated rings. The number of ketones is 1. The number of carbonyl (C=O) groups is 8. The van der Waals surface area contributed by atoms with Gasteiger partial charge in [-0.3, -0.25) is 33.7 Å². The third kappa shape index (κ3) is 22.9. The number of methoxy groups -OCH3 is 3. The van der Waals surface area contributed by atoms with Crippen molar-refractivity contribution < 1.29 is 71.9 Å². The van der Waals surface area contributed by atoms with E-state index in [-0.39, 0.29) is 112 Å². The third-order valence-electron chi connectivity index (χ3n) is 15.0. The molecule has 456 valence electrons. The molecule has 0 aromatic heterocycles. The molecule has 80 heavy (non-hydrogen) atoms. The molecule has 22 nitrogen and oxygen atoms in total. The minimum atomic E-state index is -1.000. The Kier molecular flexibility index (Phi) is 32.7. The van der Waals surface area contributed by atoms with Crippen molar-refractivity contribution in [3.8, 4) is 0 Å². The van der Waals surface area contributed by atoms with Gasteiger partial charge in [0.25, 0.3) is 0 Å². The highest BCUT2D eigenvalue weighted by atomic mass is 16.7. The fraction of sp³-hybridized carbons (Fsp3) is 0.759. The average Bonchev–Trinajstić information content (AvgIpc) is 3.92. The Bertz CT molecular complexity index is 2050. The van der Waals surface area contributed by atoms with Crippen LogP contribution in [0.25, 0.3) is 0 Å². The molecular weight excluding hydrogens is 1030 g/mol. The van der Waals surface area contributed by atoms with Gasteiger partial charge < -0.3 is 64.6 Å². The lowest BCUT2D eigenvalue weighted by Gasteiger charge is -2.41. The number of ether oxygens (including phenoxy) is 6. The summed E-state index contributed by atoms with van der Waals surface area (Å²) in [6.45, 7) is 16.8. The first kappa shape index (κ1) is 70.8. The highest BCUT2D eigenvalue weighted by Crippen LogP contribution is 2.31. The van der Waals surface area contributed by atoms with E-state index in [0.29, 0.717) is 32.2 Å². The minimum absolute atomic E-state index is 0.00734. The standard InChI is InChI=1S/C58H99N7O15/c1-16-38(7)52(64(12)56(72)50(36(3)4)62-55(71)51(37(5)6)63(10)11)46(75-13)33-48(69)65-29-21-25-44(65)53(77-15)39(8)45(67)32-42(31-41-23-19-18-20-24-41)54(70)59-27-22-30-78-57(73)40(9)61-47(68)26-28-60-58(74)79-35-49(76-14)80-43(17-2)34-66/h18-20,23-24,36-40,42-44,46,49-53,66H,16-17,21-22,25-35H2,1-15H3,(H,59,70)(H,60,74)(H,61,68)(H,62,71)/t38-,39-,40-,42+,43?,44-,46+,49?,50-,51-,52-,53+/m0/s1. The van der Waals surface area contributed by atoms with Gasteiger partial charge in [-0.1, -0.05) is 92.1 Å². The molecule has 0 radical (unpaired) electrons. The van der Waals surface area contributed by atoms with Gasteiger partial charge >= 0.3 is 12.1 Å². The Balaban J connectivity index is 2.07. The quantitative estimate of drug-likeness (QED) is 0.0357. The second kappa shape index (κ2) is 37.0. The number of aliphatic hydroxyl groups is 1. The Labute approximate surface area is 476 Å². The summed E-state index contributed by atoms with van der Waals surface area (Å²) >= 11 is 0. The van der Waals surface area contributed by atoms with E-state index in [1.165, 1.54) is 28.3 Å². The number of Topliss-reactive ketones (excluding diaryl/α,β-unsaturated/α-hetero) is 1. The summed E-state index contributed by atoms with van der Waals surface area (Å²) in [5.41, 5.74) is 0.861. The lowest BCUT2D eigenvalue weighted by Crippen LogP contribution is -2.59. The van der Waals surface area contributed by atoms with Gasteiger partial charge in [-0.25, -0.2) is 9.59 Å². The van der Waals surface area contributed by atoms with Crippen LogP contribution in [0.2, 0.25) is 0 Å². The van der Waals surface area contributed by atoms with Gasteiger partial charge in [0.2, 0.25) is 29.5 Å². The Morgan fingerprint density at radius 1 is 0.787 bits per heavy atom. The normalized spacial score (nSPS) is 17.7. The molecule has 6 amide bonds. The van der Waals surface area contributed by atoms with Crippen LogP contribution in [0.15, 0.2) is 30.3 Å². The maximum Gasteiger partial charge on any atom is 0.407 e. The average molecular weight is 1130 g/mol. The largest absolute Gasteiger partial charge is 0.464 e. The van der Waals surface area contributed by atoms with Crippen molar-refractivity contribution in [2.24, 2.45) is 29.6 Å². The van der Waals surface area contributed by atoms with Crippen molar-refractivity contribution in [1.82, 2.24) is 36.0 Å². The van der Waals surface area contributed by atoms with Crippen LogP contribution in [0.3, 0.4) is 0 Å². The molecule has 1 aromatic rings. The topological polar surface area (TPSA) is 270 Å². The number of carbonyl (C=O) groups excluding carboxylic acids is 8. The monoisotopic (exact) mass is 1130 g/mol. The van der Waals surface area contributed by atoms with Gasteiger partial charge in [0.05, 0.1) is 56.1 Å². The van der Waals surface area contributed by atoms with Gasteiger partial charge in [-0.15, -0.1) is 0 Å². The molecule has 1 saturated heterocycles.